The Morgan fingerprint density at radius 3 is 2.28 bits per heavy atom. The zero-order valence-corrected chi connectivity index (χ0v) is 12.7. The first-order valence-electron chi connectivity index (χ1n) is 6.35. The molecule has 18 heavy (non-hydrogen) atoms. The fraction of sp³-hybridized carbons (Fsp3) is 0.375. The second-order valence-electron chi connectivity index (χ2n) is 5.17. The summed E-state index contributed by atoms with van der Waals surface area (Å²) >= 11 is 3.71. The summed E-state index contributed by atoms with van der Waals surface area (Å²) < 4.78 is 5.53. The van der Waals surface area contributed by atoms with Gasteiger partial charge in [0.2, 0.25) is 0 Å². The second kappa shape index (κ2) is 5.75. The van der Waals surface area contributed by atoms with Gasteiger partial charge in [0.15, 0.2) is 0 Å². The van der Waals surface area contributed by atoms with E-state index in [1.807, 2.05) is 6.07 Å². The Balaban J connectivity index is 2.17. The lowest BCUT2D eigenvalue weighted by Crippen LogP contribution is -1.96. The molecule has 0 aliphatic rings. The molecule has 0 fully saturated rings. The summed E-state index contributed by atoms with van der Waals surface area (Å²) in [7, 11) is 0. The van der Waals surface area contributed by atoms with Crippen LogP contribution in [0.25, 0.3) is 0 Å². The van der Waals surface area contributed by atoms with Gasteiger partial charge >= 0.3 is 0 Å². The molecule has 1 aromatic carbocycles. The highest BCUT2D eigenvalue weighted by molar-refractivity contribution is 9.09. The minimum atomic E-state index is 0.139. The Bertz CT molecular complexity index is 496. The molecule has 0 aliphatic carbocycles. The van der Waals surface area contributed by atoms with E-state index < -0.39 is 0 Å². The largest absolute Gasteiger partial charge is 0.468 e. The average molecular weight is 307 g/mol. The van der Waals surface area contributed by atoms with Gasteiger partial charge in [-0.3, -0.25) is 0 Å². The van der Waals surface area contributed by atoms with E-state index in [9.17, 15) is 0 Å². The van der Waals surface area contributed by atoms with Gasteiger partial charge in [-0.2, -0.15) is 0 Å². The first-order valence-corrected chi connectivity index (χ1v) is 7.26. The first kappa shape index (κ1) is 13.4. The van der Waals surface area contributed by atoms with Crippen LogP contribution in [0, 0.1) is 12.8 Å². The van der Waals surface area contributed by atoms with Crippen molar-refractivity contribution in [3.8, 4) is 0 Å². The quantitative estimate of drug-likeness (QED) is 0.701. The highest BCUT2D eigenvalue weighted by atomic mass is 79.9. The molecule has 0 bridgehead atoms. The zero-order valence-electron chi connectivity index (χ0n) is 11.1. The molecule has 0 spiro atoms. The number of hydrogen-bond donors (Lipinski definition) is 0. The van der Waals surface area contributed by atoms with Gasteiger partial charge < -0.3 is 4.42 Å². The second-order valence-corrected chi connectivity index (χ2v) is 6.09. The lowest BCUT2D eigenvalue weighted by atomic mass is 10.00. The van der Waals surface area contributed by atoms with Gasteiger partial charge in [-0.05, 0) is 42.0 Å². The SMILES string of the molecule is Cc1ccoc1C(Br)c1ccc(CC(C)C)cc1. The number of aryl methyl sites for hydroxylation is 1. The number of hydrogen-bond acceptors (Lipinski definition) is 1. The van der Waals surface area contributed by atoms with E-state index in [1.165, 1.54) is 16.7 Å². The molecule has 96 valence electrons. The maximum atomic E-state index is 5.53. The predicted molar refractivity (Wildman–Crippen MR) is 79.2 cm³/mol. The average Bonchev–Trinajstić information content (AvgIpc) is 2.75. The highest BCUT2D eigenvalue weighted by Gasteiger charge is 2.15. The molecule has 1 aromatic heterocycles. The van der Waals surface area contributed by atoms with Crippen molar-refractivity contribution in [2.45, 2.75) is 32.0 Å². The maximum Gasteiger partial charge on any atom is 0.124 e. The number of alkyl halides is 1. The van der Waals surface area contributed by atoms with Gasteiger partial charge in [-0.25, -0.2) is 0 Å². The Morgan fingerprint density at radius 2 is 1.78 bits per heavy atom. The lowest BCUT2D eigenvalue weighted by molar-refractivity contribution is 0.517. The summed E-state index contributed by atoms with van der Waals surface area (Å²) in [4.78, 5) is 0.139. The van der Waals surface area contributed by atoms with E-state index in [0.29, 0.717) is 5.92 Å². The van der Waals surface area contributed by atoms with Crippen molar-refractivity contribution < 1.29 is 4.42 Å². The summed E-state index contributed by atoms with van der Waals surface area (Å²) in [6.45, 7) is 6.56. The number of furan rings is 1. The molecule has 0 saturated carbocycles. The van der Waals surface area contributed by atoms with Crippen LogP contribution in [0.5, 0.6) is 0 Å². The van der Waals surface area contributed by atoms with Gasteiger partial charge in [0.05, 0.1) is 11.1 Å². The standard InChI is InChI=1S/C16H19BrO/c1-11(2)10-13-4-6-14(7-5-13)15(17)16-12(3)8-9-18-16/h4-9,11,15H,10H2,1-3H3. The van der Waals surface area contributed by atoms with E-state index in [1.54, 1.807) is 6.26 Å². The molecule has 2 rings (SSSR count). The van der Waals surface area contributed by atoms with Crippen LogP contribution >= 0.6 is 15.9 Å². The molecule has 1 heterocycles. The fourth-order valence-corrected chi connectivity index (χ4v) is 2.86. The van der Waals surface area contributed by atoms with Crippen LogP contribution in [-0.2, 0) is 6.42 Å². The zero-order chi connectivity index (χ0) is 13.1. The Hall–Kier alpha value is -1.02. The minimum Gasteiger partial charge on any atom is -0.468 e. The molecule has 0 N–H and O–H groups in total. The van der Waals surface area contributed by atoms with Crippen LogP contribution in [0.15, 0.2) is 41.0 Å². The van der Waals surface area contributed by atoms with E-state index in [0.717, 1.165) is 12.2 Å². The van der Waals surface area contributed by atoms with Gasteiger partial charge in [0.1, 0.15) is 5.76 Å². The Labute approximate surface area is 117 Å². The van der Waals surface area contributed by atoms with Crippen molar-refractivity contribution in [2.24, 2.45) is 5.92 Å². The third-order valence-electron chi connectivity index (χ3n) is 3.05. The van der Waals surface area contributed by atoms with Gasteiger partial charge in [-0.15, -0.1) is 0 Å². The molecule has 0 aliphatic heterocycles. The van der Waals surface area contributed by atoms with E-state index in [-0.39, 0.29) is 4.83 Å². The molecule has 0 radical (unpaired) electrons. The third kappa shape index (κ3) is 3.05. The van der Waals surface area contributed by atoms with Crippen LogP contribution in [0.3, 0.4) is 0 Å². The third-order valence-corrected chi connectivity index (χ3v) is 3.99. The summed E-state index contributed by atoms with van der Waals surface area (Å²) in [5, 5.41) is 0. The summed E-state index contributed by atoms with van der Waals surface area (Å²) in [5.74, 6) is 1.69. The van der Waals surface area contributed by atoms with Gasteiger partial charge in [0.25, 0.3) is 0 Å². The molecule has 2 heteroatoms. The van der Waals surface area contributed by atoms with Crippen molar-refractivity contribution >= 4 is 15.9 Å². The fourth-order valence-electron chi connectivity index (χ4n) is 2.09. The van der Waals surface area contributed by atoms with E-state index in [2.05, 4.69) is 61.0 Å². The molecule has 0 amide bonds. The predicted octanol–water partition coefficient (Wildman–Crippen LogP) is 5.27. The highest BCUT2D eigenvalue weighted by Crippen LogP contribution is 2.33. The molecule has 2 aromatic rings. The van der Waals surface area contributed by atoms with Gasteiger partial charge in [0, 0.05) is 0 Å². The number of halogens is 1. The minimum absolute atomic E-state index is 0.139. The topological polar surface area (TPSA) is 13.1 Å². The van der Waals surface area contributed by atoms with Crippen LogP contribution in [-0.4, -0.2) is 0 Å². The van der Waals surface area contributed by atoms with Gasteiger partial charge in [-0.1, -0.05) is 54.0 Å². The van der Waals surface area contributed by atoms with Crippen LogP contribution in [0.2, 0.25) is 0 Å². The van der Waals surface area contributed by atoms with Crippen LogP contribution in [0.1, 0.15) is 41.1 Å². The van der Waals surface area contributed by atoms with Crippen molar-refractivity contribution in [3.05, 3.63) is 59.0 Å². The van der Waals surface area contributed by atoms with Crippen molar-refractivity contribution in [2.75, 3.05) is 0 Å². The number of benzene rings is 1. The van der Waals surface area contributed by atoms with E-state index >= 15 is 0 Å². The number of rotatable bonds is 4. The molecular weight excluding hydrogens is 288 g/mol. The van der Waals surface area contributed by atoms with Crippen molar-refractivity contribution in [1.29, 1.82) is 0 Å². The monoisotopic (exact) mass is 306 g/mol. The molecule has 0 saturated heterocycles. The Kier molecular flexibility index (Phi) is 4.28. The lowest BCUT2D eigenvalue weighted by Gasteiger charge is -2.10. The van der Waals surface area contributed by atoms with E-state index in [4.69, 9.17) is 4.42 Å². The maximum absolute atomic E-state index is 5.53. The molecular formula is C16H19BrO. The van der Waals surface area contributed by atoms with Crippen LogP contribution < -0.4 is 0 Å². The molecule has 1 atom stereocenters. The summed E-state index contributed by atoms with van der Waals surface area (Å²) in [6.07, 6.45) is 2.87. The normalized spacial score (nSPS) is 12.9. The Morgan fingerprint density at radius 1 is 1.11 bits per heavy atom. The smallest absolute Gasteiger partial charge is 0.124 e. The van der Waals surface area contributed by atoms with Crippen LogP contribution in [0.4, 0.5) is 0 Å². The molecule has 1 nitrogen and oxygen atoms in total. The van der Waals surface area contributed by atoms with Crippen molar-refractivity contribution in [3.63, 3.8) is 0 Å². The summed E-state index contributed by atoms with van der Waals surface area (Å²) in [6, 6.07) is 10.8. The molecule has 1 unspecified atom stereocenters. The van der Waals surface area contributed by atoms with Crippen molar-refractivity contribution in [1.82, 2.24) is 0 Å². The summed E-state index contributed by atoms with van der Waals surface area (Å²) in [5.41, 5.74) is 3.81. The first-order chi connectivity index (χ1) is 8.58.